The van der Waals surface area contributed by atoms with Crippen LogP contribution in [0.3, 0.4) is 0 Å². The normalized spacial score (nSPS) is 22.9. The molecule has 2 atom stereocenters. The molecule has 2 heterocycles. The van der Waals surface area contributed by atoms with Crippen molar-refractivity contribution in [2.45, 2.75) is 32.3 Å². The lowest BCUT2D eigenvalue weighted by molar-refractivity contribution is -0.126. The van der Waals surface area contributed by atoms with Gasteiger partial charge in [0.15, 0.2) is 0 Å². The van der Waals surface area contributed by atoms with Crippen molar-refractivity contribution >= 4 is 29.1 Å². The van der Waals surface area contributed by atoms with Gasteiger partial charge in [-0.2, -0.15) is 0 Å². The molecule has 25 heavy (non-hydrogen) atoms. The fraction of sp³-hybridized carbons (Fsp3) is 0.500. The van der Waals surface area contributed by atoms with Crippen LogP contribution in [0.25, 0.3) is 0 Å². The second-order valence-electron chi connectivity index (χ2n) is 6.51. The number of carbonyl (C=O) groups excluding carboxylic acids is 3. The molecular weight excluding hydrogens is 322 g/mol. The van der Waals surface area contributed by atoms with E-state index in [9.17, 15) is 14.4 Å². The molecular formula is C18H23N3O4. The Hall–Kier alpha value is -2.41. The molecule has 2 fully saturated rings. The molecule has 2 aliphatic rings. The van der Waals surface area contributed by atoms with Crippen LogP contribution in [0.2, 0.25) is 0 Å². The number of amides is 3. The van der Waals surface area contributed by atoms with Gasteiger partial charge in [0.1, 0.15) is 0 Å². The maximum Gasteiger partial charge on any atom is 0.227 e. The summed E-state index contributed by atoms with van der Waals surface area (Å²) in [6, 6.07) is 7.04. The highest BCUT2D eigenvalue weighted by molar-refractivity contribution is 6.00. The van der Waals surface area contributed by atoms with Gasteiger partial charge in [0.05, 0.1) is 12.0 Å². The third kappa shape index (κ3) is 4.36. The second-order valence-corrected chi connectivity index (χ2v) is 6.51. The maximum atomic E-state index is 12.3. The van der Waals surface area contributed by atoms with Gasteiger partial charge in [-0.05, 0) is 37.1 Å². The van der Waals surface area contributed by atoms with Crippen molar-refractivity contribution in [3.05, 3.63) is 24.3 Å². The van der Waals surface area contributed by atoms with Crippen molar-refractivity contribution in [2.75, 3.05) is 29.9 Å². The third-order valence-corrected chi connectivity index (χ3v) is 4.52. The standard InChI is InChI=1S/C18H23N3O4/c1-12(22)20-14-4-6-15(7-5-14)21-11-13(9-17(21)23)18(24)19-10-16-3-2-8-25-16/h4-7,13,16H,2-3,8-11H2,1H3,(H,19,24)(H,20,22)/t13-,16+/m0/s1. The molecule has 7 heteroatoms. The maximum absolute atomic E-state index is 12.3. The summed E-state index contributed by atoms with van der Waals surface area (Å²) in [6.45, 7) is 3.08. The lowest BCUT2D eigenvalue weighted by atomic mass is 10.1. The minimum Gasteiger partial charge on any atom is -0.376 e. The number of benzene rings is 1. The largest absolute Gasteiger partial charge is 0.376 e. The van der Waals surface area contributed by atoms with Crippen LogP contribution in [-0.4, -0.2) is 43.5 Å². The summed E-state index contributed by atoms with van der Waals surface area (Å²) in [5.74, 6) is -0.650. The fourth-order valence-electron chi connectivity index (χ4n) is 3.22. The molecule has 7 nitrogen and oxygen atoms in total. The summed E-state index contributed by atoms with van der Waals surface area (Å²) in [4.78, 5) is 37.2. The molecule has 2 N–H and O–H groups in total. The van der Waals surface area contributed by atoms with E-state index in [-0.39, 0.29) is 36.2 Å². The number of carbonyl (C=O) groups is 3. The Bertz CT molecular complexity index is 653. The Morgan fingerprint density at radius 2 is 2.04 bits per heavy atom. The van der Waals surface area contributed by atoms with Gasteiger partial charge in [-0.25, -0.2) is 0 Å². The smallest absolute Gasteiger partial charge is 0.227 e. The predicted octanol–water partition coefficient (Wildman–Crippen LogP) is 1.29. The summed E-state index contributed by atoms with van der Waals surface area (Å²) < 4.78 is 5.49. The zero-order valence-electron chi connectivity index (χ0n) is 14.3. The number of nitrogens with zero attached hydrogens (tertiary/aromatic N) is 1. The van der Waals surface area contributed by atoms with Crippen molar-refractivity contribution < 1.29 is 19.1 Å². The van der Waals surface area contributed by atoms with E-state index in [4.69, 9.17) is 4.74 Å². The monoisotopic (exact) mass is 345 g/mol. The van der Waals surface area contributed by atoms with Gasteiger partial charge in [-0.15, -0.1) is 0 Å². The van der Waals surface area contributed by atoms with Gasteiger partial charge in [-0.3, -0.25) is 14.4 Å². The van der Waals surface area contributed by atoms with Crippen LogP contribution >= 0.6 is 0 Å². The zero-order chi connectivity index (χ0) is 17.8. The van der Waals surface area contributed by atoms with Gasteiger partial charge in [-0.1, -0.05) is 0 Å². The molecule has 0 bridgehead atoms. The van der Waals surface area contributed by atoms with Crippen molar-refractivity contribution in [3.8, 4) is 0 Å². The molecule has 1 aromatic rings. The van der Waals surface area contributed by atoms with E-state index in [1.165, 1.54) is 6.92 Å². The lowest BCUT2D eigenvalue weighted by Gasteiger charge is -2.18. The highest BCUT2D eigenvalue weighted by Gasteiger charge is 2.35. The van der Waals surface area contributed by atoms with Crippen molar-refractivity contribution in [1.29, 1.82) is 0 Å². The molecule has 1 aromatic carbocycles. The van der Waals surface area contributed by atoms with Crippen LogP contribution in [0.15, 0.2) is 24.3 Å². The van der Waals surface area contributed by atoms with E-state index >= 15 is 0 Å². The first-order valence-electron chi connectivity index (χ1n) is 8.60. The molecule has 3 rings (SSSR count). The second kappa shape index (κ2) is 7.65. The molecule has 0 unspecified atom stereocenters. The van der Waals surface area contributed by atoms with Gasteiger partial charge < -0.3 is 20.3 Å². The van der Waals surface area contributed by atoms with Crippen LogP contribution in [0.5, 0.6) is 0 Å². The zero-order valence-corrected chi connectivity index (χ0v) is 14.3. The minimum atomic E-state index is -0.344. The first-order chi connectivity index (χ1) is 12.0. The van der Waals surface area contributed by atoms with Crippen LogP contribution in [0, 0.1) is 5.92 Å². The average Bonchev–Trinajstić information content (AvgIpc) is 3.22. The average molecular weight is 345 g/mol. The SMILES string of the molecule is CC(=O)Nc1ccc(N2C[C@@H](C(=O)NC[C@H]3CCCO3)CC2=O)cc1. The van der Waals surface area contributed by atoms with Crippen molar-refractivity contribution in [2.24, 2.45) is 5.92 Å². The number of anilines is 2. The Balaban J connectivity index is 1.56. The Kier molecular flexibility index (Phi) is 5.33. The summed E-state index contributed by atoms with van der Waals surface area (Å²) in [5, 5.41) is 5.59. The van der Waals surface area contributed by atoms with E-state index in [0.29, 0.717) is 18.8 Å². The van der Waals surface area contributed by atoms with Gasteiger partial charge in [0.2, 0.25) is 17.7 Å². The molecule has 0 radical (unpaired) electrons. The lowest BCUT2D eigenvalue weighted by Crippen LogP contribution is -2.37. The highest BCUT2D eigenvalue weighted by Crippen LogP contribution is 2.26. The number of ether oxygens (including phenoxy) is 1. The van der Waals surface area contributed by atoms with Gasteiger partial charge in [0, 0.05) is 44.4 Å². The van der Waals surface area contributed by atoms with Crippen LogP contribution in [0.1, 0.15) is 26.2 Å². The molecule has 0 spiro atoms. The number of hydrogen-bond acceptors (Lipinski definition) is 4. The van der Waals surface area contributed by atoms with Crippen LogP contribution in [-0.2, 0) is 19.1 Å². The minimum absolute atomic E-state index is 0.0652. The summed E-state index contributed by atoms with van der Waals surface area (Å²) in [5.41, 5.74) is 1.40. The molecule has 0 saturated carbocycles. The number of nitrogens with one attached hydrogen (secondary N) is 2. The van der Waals surface area contributed by atoms with Crippen LogP contribution < -0.4 is 15.5 Å². The summed E-state index contributed by atoms with van der Waals surface area (Å²) in [7, 11) is 0. The predicted molar refractivity (Wildman–Crippen MR) is 93.2 cm³/mol. The number of hydrogen-bond donors (Lipinski definition) is 2. The molecule has 134 valence electrons. The number of rotatable bonds is 5. The quantitative estimate of drug-likeness (QED) is 0.842. The van der Waals surface area contributed by atoms with E-state index in [2.05, 4.69) is 10.6 Å². The Morgan fingerprint density at radius 1 is 1.28 bits per heavy atom. The van der Waals surface area contributed by atoms with Crippen LogP contribution in [0.4, 0.5) is 11.4 Å². The fourth-order valence-corrected chi connectivity index (χ4v) is 3.22. The van der Waals surface area contributed by atoms with Gasteiger partial charge in [0.25, 0.3) is 0 Å². The summed E-state index contributed by atoms with van der Waals surface area (Å²) >= 11 is 0. The van der Waals surface area contributed by atoms with E-state index in [1.807, 2.05) is 0 Å². The molecule has 0 aromatic heterocycles. The first kappa shape index (κ1) is 17.4. The van der Waals surface area contributed by atoms with E-state index < -0.39 is 0 Å². The molecule has 3 amide bonds. The van der Waals surface area contributed by atoms with E-state index in [0.717, 1.165) is 25.1 Å². The van der Waals surface area contributed by atoms with Gasteiger partial charge >= 0.3 is 0 Å². The van der Waals surface area contributed by atoms with Crippen molar-refractivity contribution in [3.63, 3.8) is 0 Å². The summed E-state index contributed by atoms with van der Waals surface area (Å²) in [6.07, 6.45) is 2.31. The molecule has 2 aliphatic heterocycles. The van der Waals surface area contributed by atoms with E-state index in [1.54, 1.807) is 29.2 Å². The van der Waals surface area contributed by atoms with Crippen molar-refractivity contribution in [1.82, 2.24) is 5.32 Å². The molecule has 0 aliphatic carbocycles. The molecule has 2 saturated heterocycles. The first-order valence-corrected chi connectivity index (χ1v) is 8.60. The highest BCUT2D eigenvalue weighted by atomic mass is 16.5. The topological polar surface area (TPSA) is 87.7 Å². The third-order valence-electron chi connectivity index (χ3n) is 4.52. The Morgan fingerprint density at radius 3 is 2.68 bits per heavy atom. The Labute approximate surface area is 146 Å².